The molecule has 0 unspecified atom stereocenters. The molecular weight excluding hydrogens is 321 g/mol. The van der Waals surface area contributed by atoms with Crippen molar-refractivity contribution in [2.75, 3.05) is 5.73 Å². The summed E-state index contributed by atoms with van der Waals surface area (Å²) in [4.78, 5) is 22.8. The Hall–Kier alpha value is -2.19. The van der Waals surface area contributed by atoms with Gasteiger partial charge in [0, 0.05) is 4.88 Å². The molecule has 0 saturated carbocycles. The van der Waals surface area contributed by atoms with Gasteiger partial charge in [0.15, 0.2) is 5.82 Å². The zero-order valence-corrected chi connectivity index (χ0v) is 12.0. The van der Waals surface area contributed by atoms with E-state index in [0.29, 0.717) is 10.4 Å². The number of nitro benzene ring substituents is 1. The minimum absolute atomic E-state index is 0.157. The molecule has 0 aliphatic rings. The van der Waals surface area contributed by atoms with Gasteiger partial charge in [-0.1, -0.05) is 11.6 Å². The maximum absolute atomic E-state index is 13.3. The number of nitro groups is 1. The van der Waals surface area contributed by atoms with Crippen LogP contribution in [0, 0.1) is 15.9 Å². The van der Waals surface area contributed by atoms with Crippen molar-refractivity contribution in [3.05, 3.63) is 55.0 Å². The summed E-state index contributed by atoms with van der Waals surface area (Å²) in [7, 11) is 0. The molecule has 2 aromatic rings. The highest BCUT2D eigenvalue weighted by Gasteiger charge is 2.22. The van der Waals surface area contributed by atoms with Crippen molar-refractivity contribution in [3.63, 3.8) is 0 Å². The van der Waals surface area contributed by atoms with Gasteiger partial charge in [0.25, 0.3) is 11.6 Å². The summed E-state index contributed by atoms with van der Waals surface area (Å²) in [6, 6.07) is 4.98. The lowest BCUT2D eigenvalue weighted by Crippen LogP contribution is -2.23. The first kappa shape index (κ1) is 15.2. The number of nitrogens with two attached hydrogens (primary N) is 1. The first-order valence-corrected chi connectivity index (χ1v) is 6.83. The Balaban J connectivity index is 2.22. The average molecular weight is 330 g/mol. The van der Waals surface area contributed by atoms with E-state index in [1.165, 1.54) is 11.3 Å². The van der Waals surface area contributed by atoms with E-state index in [1.807, 2.05) is 0 Å². The molecule has 0 saturated heterocycles. The van der Waals surface area contributed by atoms with Crippen LogP contribution in [0.2, 0.25) is 4.34 Å². The number of carbonyl (C=O) groups is 1. The Bertz CT molecular complexity index is 720. The quantitative estimate of drug-likeness (QED) is 0.512. The van der Waals surface area contributed by atoms with E-state index in [1.54, 1.807) is 12.1 Å². The minimum Gasteiger partial charge on any atom is -0.396 e. The highest BCUT2D eigenvalue weighted by molar-refractivity contribution is 7.16. The molecule has 1 heterocycles. The summed E-state index contributed by atoms with van der Waals surface area (Å²) in [6.45, 7) is 0.157. The summed E-state index contributed by atoms with van der Waals surface area (Å²) < 4.78 is 13.8. The Kier molecular flexibility index (Phi) is 4.39. The Labute approximate surface area is 127 Å². The van der Waals surface area contributed by atoms with E-state index in [4.69, 9.17) is 17.3 Å². The number of anilines is 1. The fourth-order valence-electron chi connectivity index (χ4n) is 1.62. The third kappa shape index (κ3) is 3.47. The van der Waals surface area contributed by atoms with Crippen LogP contribution in [0.5, 0.6) is 0 Å². The monoisotopic (exact) mass is 329 g/mol. The number of hydrogen-bond donors (Lipinski definition) is 2. The minimum atomic E-state index is -0.941. The molecule has 21 heavy (non-hydrogen) atoms. The molecule has 0 radical (unpaired) electrons. The van der Waals surface area contributed by atoms with Crippen LogP contribution in [0.4, 0.5) is 15.8 Å². The number of nitrogens with one attached hydrogen (secondary N) is 1. The molecule has 0 aliphatic heterocycles. The number of carbonyl (C=O) groups excluding carboxylic acids is 1. The molecule has 1 amide bonds. The molecule has 0 atom stereocenters. The van der Waals surface area contributed by atoms with Crippen molar-refractivity contribution in [3.8, 4) is 0 Å². The largest absolute Gasteiger partial charge is 0.396 e. The van der Waals surface area contributed by atoms with Gasteiger partial charge in [-0.3, -0.25) is 14.9 Å². The van der Waals surface area contributed by atoms with Crippen LogP contribution in [0.3, 0.4) is 0 Å². The van der Waals surface area contributed by atoms with Gasteiger partial charge in [-0.15, -0.1) is 11.3 Å². The number of amides is 1. The van der Waals surface area contributed by atoms with Crippen LogP contribution in [0.15, 0.2) is 24.3 Å². The van der Waals surface area contributed by atoms with Crippen molar-refractivity contribution in [2.45, 2.75) is 6.54 Å². The Morgan fingerprint density at radius 2 is 2.19 bits per heavy atom. The van der Waals surface area contributed by atoms with Crippen molar-refractivity contribution in [1.29, 1.82) is 0 Å². The van der Waals surface area contributed by atoms with Crippen molar-refractivity contribution >= 4 is 40.2 Å². The van der Waals surface area contributed by atoms with E-state index in [-0.39, 0.29) is 17.8 Å². The number of hydrogen-bond acceptors (Lipinski definition) is 5. The lowest BCUT2D eigenvalue weighted by Gasteiger charge is -2.06. The molecule has 1 aromatic heterocycles. The molecule has 110 valence electrons. The molecule has 0 fully saturated rings. The fourth-order valence-corrected chi connectivity index (χ4v) is 2.65. The summed E-state index contributed by atoms with van der Waals surface area (Å²) in [5.74, 6) is -1.65. The van der Waals surface area contributed by atoms with Crippen LogP contribution < -0.4 is 11.1 Å². The maximum atomic E-state index is 13.3. The SMILES string of the molecule is Nc1cc(C(=O)NCc2ccc(Cl)s2)c([N+](=O)[O-])cc1F. The van der Waals surface area contributed by atoms with Crippen LogP contribution in [0.1, 0.15) is 15.2 Å². The van der Waals surface area contributed by atoms with Gasteiger partial charge in [-0.25, -0.2) is 4.39 Å². The second-order valence-corrected chi connectivity index (χ2v) is 5.84. The van der Waals surface area contributed by atoms with Gasteiger partial charge in [-0.05, 0) is 18.2 Å². The van der Waals surface area contributed by atoms with Gasteiger partial charge in [0.1, 0.15) is 5.56 Å². The molecule has 2 rings (SSSR count). The second kappa shape index (κ2) is 6.06. The lowest BCUT2D eigenvalue weighted by atomic mass is 10.1. The predicted molar refractivity (Wildman–Crippen MR) is 78.0 cm³/mol. The number of rotatable bonds is 4. The van der Waals surface area contributed by atoms with Crippen LogP contribution in [-0.4, -0.2) is 10.8 Å². The summed E-state index contributed by atoms with van der Waals surface area (Å²) in [5.41, 5.74) is 4.09. The van der Waals surface area contributed by atoms with Crippen molar-refractivity contribution in [2.24, 2.45) is 0 Å². The molecule has 0 bridgehead atoms. The van der Waals surface area contributed by atoms with E-state index in [0.717, 1.165) is 10.9 Å². The third-order valence-electron chi connectivity index (χ3n) is 2.61. The van der Waals surface area contributed by atoms with E-state index >= 15 is 0 Å². The molecule has 3 N–H and O–H groups in total. The van der Waals surface area contributed by atoms with Gasteiger partial charge in [0.2, 0.25) is 0 Å². The first-order chi connectivity index (χ1) is 9.88. The molecule has 0 spiro atoms. The topological polar surface area (TPSA) is 98.3 Å². The summed E-state index contributed by atoms with van der Waals surface area (Å²) in [6.07, 6.45) is 0. The predicted octanol–water partition coefficient (Wildman–Crippen LogP) is 2.96. The van der Waals surface area contributed by atoms with E-state index in [9.17, 15) is 19.3 Å². The number of benzene rings is 1. The van der Waals surface area contributed by atoms with Crippen molar-refractivity contribution in [1.82, 2.24) is 5.32 Å². The highest BCUT2D eigenvalue weighted by Crippen LogP contribution is 2.25. The van der Waals surface area contributed by atoms with Crippen LogP contribution >= 0.6 is 22.9 Å². The zero-order chi connectivity index (χ0) is 15.6. The molecule has 9 heteroatoms. The van der Waals surface area contributed by atoms with Gasteiger partial charge < -0.3 is 11.1 Å². The number of halogens is 2. The lowest BCUT2D eigenvalue weighted by molar-refractivity contribution is -0.385. The number of nitrogen functional groups attached to an aromatic ring is 1. The van der Waals surface area contributed by atoms with E-state index in [2.05, 4.69) is 5.32 Å². The first-order valence-electron chi connectivity index (χ1n) is 5.64. The average Bonchev–Trinajstić information content (AvgIpc) is 2.84. The van der Waals surface area contributed by atoms with Gasteiger partial charge in [0.05, 0.1) is 27.6 Å². The fraction of sp³-hybridized carbons (Fsp3) is 0.0833. The Morgan fingerprint density at radius 1 is 1.48 bits per heavy atom. The van der Waals surface area contributed by atoms with E-state index < -0.39 is 22.3 Å². The van der Waals surface area contributed by atoms with Crippen molar-refractivity contribution < 1.29 is 14.1 Å². The normalized spacial score (nSPS) is 10.4. The molecule has 1 aromatic carbocycles. The summed E-state index contributed by atoms with van der Waals surface area (Å²) >= 11 is 7.03. The molecular formula is C12H9ClFN3O3S. The number of thiophene rings is 1. The van der Waals surface area contributed by atoms with Crippen LogP contribution in [0.25, 0.3) is 0 Å². The Morgan fingerprint density at radius 3 is 2.76 bits per heavy atom. The molecule has 0 aliphatic carbocycles. The molecule has 6 nitrogen and oxygen atoms in total. The smallest absolute Gasteiger partial charge is 0.285 e. The highest BCUT2D eigenvalue weighted by atomic mass is 35.5. The van der Waals surface area contributed by atoms with Gasteiger partial charge >= 0.3 is 0 Å². The summed E-state index contributed by atoms with van der Waals surface area (Å²) in [5, 5.41) is 13.4. The second-order valence-electron chi connectivity index (χ2n) is 4.04. The third-order valence-corrected chi connectivity index (χ3v) is 3.84. The maximum Gasteiger partial charge on any atom is 0.285 e. The zero-order valence-electron chi connectivity index (χ0n) is 10.4. The standard InChI is InChI=1S/C12H9ClFN3O3S/c13-11-2-1-6(21-11)5-16-12(18)7-3-9(15)8(14)4-10(7)17(19)20/h1-4H,5,15H2,(H,16,18). The van der Waals surface area contributed by atoms with Crippen LogP contribution in [-0.2, 0) is 6.54 Å². The van der Waals surface area contributed by atoms with Gasteiger partial charge in [-0.2, -0.15) is 0 Å². The number of nitrogens with zero attached hydrogens (tertiary/aromatic N) is 1.